The number of amides is 9. The number of aliphatic hydroxyl groups is 2. The first-order chi connectivity index (χ1) is 64.5. The van der Waals surface area contributed by atoms with Crippen LogP contribution in [0.3, 0.4) is 0 Å². The van der Waals surface area contributed by atoms with Gasteiger partial charge in [-0.15, -0.1) is 0 Å². The molecule has 136 heavy (non-hydrogen) atoms. The van der Waals surface area contributed by atoms with Crippen molar-refractivity contribution in [2.45, 2.75) is 203 Å². The van der Waals surface area contributed by atoms with Gasteiger partial charge in [0.15, 0.2) is 22.6 Å². The molecule has 45 heteroatoms. The van der Waals surface area contributed by atoms with Crippen molar-refractivity contribution < 1.29 is 110 Å². The number of likely N-dealkylation sites (N-methyl/N-ethyl adjacent to an activating group) is 4. The van der Waals surface area contributed by atoms with Gasteiger partial charge in [-0.1, -0.05) is 128 Å². The number of ether oxygens (including phenoxy) is 10. The molecule has 11 rings (SSSR count). The molecule has 0 radical (unpaired) electrons. The predicted octanol–water partition coefficient (Wildman–Crippen LogP) is 7.84. The molecule has 39 nitrogen and oxygen atoms in total. The number of fused-ring (bicyclic) bond motifs is 11. The number of nitrogens with zero attached hydrogens (tertiary/aromatic N) is 7. The average molecular weight is 2000 g/mol. The van der Waals surface area contributed by atoms with Gasteiger partial charge in [0, 0.05) is 134 Å². The molecule has 4 saturated heterocycles. The lowest BCUT2D eigenvalue weighted by Gasteiger charge is -2.42. The monoisotopic (exact) mass is 2000 g/mol. The number of aromatic amines is 1. The van der Waals surface area contributed by atoms with Crippen LogP contribution in [0.25, 0.3) is 11.2 Å². The maximum absolute atomic E-state index is 15.1. The number of esters is 2. The molecule has 3 aromatic carbocycles. The van der Waals surface area contributed by atoms with E-state index in [2.05, 4.69) is 51.8 Å². The summed E-state index contributed by atoms with van der Waals surface area (Å²) in [7, 11) is 16.8. The summed E-state index contributed by atoms with van der Waals surface area (Å²) in [6.45, 7) is 13.7. The van der Waals surface area contributed by atoms with Crippen molar-refractivity contribution in [3.63, 3.8) is 0 Å². The highest BCUT2D eigenvalue weighted by Gasteiger charge is 2.69. The van der Waals surface area contributed by atoms with Gasteiger partial charge in [-0.25, -0.2) is 29.1 Å². The van der Waals surface area contributed by atoms with Gasteiger partial charge in [-0.2, -0.15) is 4.98 Å². The third-order valence-corrected chi connectivity index (χ3v) is 30.3. The molecule has 6 unspecified atom stereocenters. The fourth-order valence-electron chi connectivity index (χ4n) is 16.4. The number of methoxy groups -OCH3 is 4. The van der Waals surface area contributed by atoms with Gasteiger partial charge in [0.05, 0.1) is 56.2 Å². The lowest BCUT2D eigenvalue weighted by atomic mass is 9.84. The SMILES string of the molecule is COc1cc2cc(c1Cl)N(C)C(=O)[C@H](OC(=O)[C@H](C)N(C)C(=O)CCSSCCNC(=O)CC[C@H](NC(=O)c1ccc(NCc3cnc4[nH]c(N)nc(=O)c4n3)cc1)C(=O)NCCSSCCC(=O)N(C)[C@@H](C)C(=O)O[C@H]1C(=O)N(C)c3cc(cc(OC)c3Cl)C/C(C)=C/C=C/[C@@H](OC)[C@@]3(O)CC(OC(=O)N3)[C@@H](C)C3OC31C)C1(C)OC1[C@H](C)C1C[C@@](O)(NC(=O)O1)[C@H](OC)/C=C/C=C(\C)C2. The first-order valence-electron chi connectivity index (χ1n) is 43.9. The van der Waals surface area contributed by atoms with Gasteiger partial charge in [0.2, 0.25) is 41.8 Å². The number of hydrogen-bond donors (Lipinski definition) is 10. The molecule has 6 aliphatic rings. The van der Waals surface area contributed by atoms with Gasteiger partial charge in [-0.05, 0) is 120 Å². The summed E-state index contributed by atoms with van der Waals surface area (Å²) in [6.07, 6.45) is 0.672. The van der Waals surface area contributed by atoms with E-state index in [0.29, 0.717) is 46.9 Å². The first-order valence-corrected chi connectivity index (χ1v) is 49.6. The number of anilines is 4. The van der Waals surface area contributed by atoms with Crippen LogP contribution in [0, 0.1) is 11.8 Å². The fourth-order valence-corrected chi connectivity index (χ4v) is 20.8. The number of carbonyl (C=O) groups excluding carboxylic acids is 11. The Labute approximate surface area is 812 Å². The van der Waals surface area contributed by atoms with Gasteiger partial charge in [-0.3, -0.25) is 49.0 Å². The molecule has 4 fully saturated rings. The van der Waals surface area contributed by atoms with Crippen LogP contribution < -0.4 is 62.5 Å². The molecule has 17 atom stereocenters. The van der Waals surface area contributed by atoms with Crippen LogP contribution in [-0.2, 0) is 95.6 Å². The molecule has 8 bridgehead atoms. The Balaban J connectivity index is 0.667. The fraction of sp³-hybridized carbons (Fsp3) is 0.527. The second-order valence-corrected chi connectivity index (χ2v) is 40.6. The molecule has 8 heterocycles. The van der Waals surface area contributed by atoms with Crippen LogP contribution in [0.4, 0.5) is 32.6 Å². The summed E-state index contributed by atoms with van der Waals surface area (Å²) in [5, 5.41) is 40.7. The van der Waals surface area contributed by atoms with Crippen LogP contribution in [0.1, 0.15) is 121 Å². The van der Waals surface area contributed by atoms with E-state index in [1.54, 1.807) is 88.4 Å². The number of hydrogen-bond acceptors (Lipinski definition) is 33. The second-order valence-electron chi connectivity index (χ2n) is 34.5. The summed E-state index contributed by atoms with van der Waals surface area (Å²) in [5.41, 5.74) is 2.90. The summed E-state index contributed by atoms with van der Waals surface area (Å²) in [4.78, 5) is 187. The number of halogens is 2. The molecule has 0 spiro atoms. The van der Waals surface area contributed by atoms with Crippen LogP contribution in [-0.4, -0.2) is 288 Å². The molecule has 738 valence electrons. The number of benzene rings is 3. The standard InChI is InChI=1S/C91H117Cl2N15O24S4/c1-47-19-17-21-65(125-15)90(121)43-63(127-86(119)103-90)49(3)73-88(7,131-73)75(81(115)107(11)59-39-53(37-47)41-61(123-13)70(59)92)129-83(117)51(5)105(9)68(110)29-33-133-135-35-31-95-67(109)28-27-58(100-78(112)55-23-25-56(26-24-55)97-45-57-46-98-77-72(99-57)80(114)102-85(94)101-77)79(113)96-32-36-136-134-34-30-69(111)106(10)52(6)84(118)130-76-82(116)108(12)60-40-54(42-62(124-14)71(60)93)38-48(2)20-18-22-66(126-16)91(122)44-64(128-87(120)104-91)50(4)74-89(76,8)132-74/h17-26,39-42,46,49-52,58,63-66,73-76,97,121-122H,27-38,43-45H2,1-16H3,(H,95,109)(H,96,113)(H,100,112)(H,103,119)(H,104,120)(H3,94,98,101,102,114)/b21-17+,22-18+,47-19+,48-20+/t49-,50-,51+,52+,58+,63?,64?,65-,66-,73?,74?,75+,76+,88?,89?,90+,91+/m1/s1. The normalized spacial score (nSPS) is 26.9. The van der Waals surface area contributed by atoms with Crippen molar-refractivity contribution in [1.29, 1.82) is 0 Å². The second kappa shape index (κ2) is 46.3. The minimum atomic E-state index is -1.94. The molecule has 0 saturated carbocycles. The number of epoxide rings is 2. The summed E-state index contributed by atoms with van der Waals surface area (Å²) in [6, 6.07) is 9.50. The van der Waals surface area contributed by atoms with Crippen molar-refractivity contribution in [3.05, 3.63) is 145 Å². The maximum Gasteiger partial charge on any atom is 0.409 e. The van der Waals surface area contributed by atoms with E-state index in [1.807, 2.05) is 26.0 Å². The number of rotatable bonds is 33. The third-order valence-electron chi connectivity index (χ3n) is 24.8. The number of H-pyrrole nitrogens is 1. The molecule has 9 amide bonds. The molecule has 6 aliphatic heterocycles. The van der Waals surface area contributed by atoms with Crippen LogP contribution in [0.2, 0.25) is 10.0 Å². The molecule has 5 aromatic rings. The summed E-state index contributed by atoms with van der Waals surface area (Å²) >= 11 is 13.9. The Kier molecular flexibility index (Phi) is 36.1. The molecular weight excluding hydrogens is 1890 g/mol. The average Bonchev–Trinajstić information content (AvgIpc) is 1.57. The molecule has 0 aliphatic carbocycles. The smallest absolute Gasteiger partial charge is 0.409 e. The zero-order valence-corrected chi connectivity index (χ0v) is 83.0. The van der Waals surface area contributed by atoms with E-state index in [1.165, 1.54) is 152 Å². The number of allylic oxidation sites excluding steroid dienone is 6. The van der Waals surface area contributed by atoms with E-state index in [9.17, 15) is 58.2 Å². The zero-order valence-electron chi connectivity index (χ0n) is 78.2. The number of nitrogen functional groups attached to an aromatic ring is 1. The number of nitrogens with two attached hydrogens (primary N) is 1. The van der Waals surface area contributed by atoms with E-state index in [4.69, 9.17) is 76.3 Å². The molecular formula is C91H117Cl2N15O24S4. The molecule has 11 N–H and O–H groups in total. The van der Waals surface area contributed by atoms with Crippen molar-refractivity contribution in [3.8, 4) is 11.5 Å². The lowest BCUT2D eigenvalue weighted by Crippen LogP contribution is -2.63. The van der Waals surface area contributed by atoms with Crippen LogP contribution in [0.15, 0.2) is 107 Å². The van der Waals surface area contributed by atoms with Crippen molar-refractivity contribution in [1.82, 2.24) is 56.3 Å². The quantitative estimate of drug-likeness (QED) is 0.00628. The largest absolute Gasteiger partial charge is 0.495 e. The number of carbonyl (C=O) groups is 11. The van der Waals surface area contributed by atoms with Gasteiger partial charge in [0.1, 0.15) is 75.3 Å². The van der Waals surface area contributed by atoms with E-state index < -0.39 is 172 Å². The number of aromatic nitrogens is 4. The lowest BCUT2D eigenvalue weighted by molar-refractivity contribution is -0.165. The summed E-state index contributed by atoms with van der Waals surface area (Å²) < 4.78 is 59.1. The van der Waals surface area contributed by atoms with E-state index in [0.717, 1.165) is 11.1 Å². The van der Waals surface area contributed by atoms with E-state index >= 15 is 9.59 Å². The number of alkyl carbamates (subject to hydrolysis) is 2. The van der Waals surface area contributed by atoms with Gasteiger partial charge in [0.25, 0.3) is 17.7 Å². The molecule has 2 aromatic heterocycles. The minimum Gasteiger partial charge on any atom is -0.495 e. The minimum absolute atomic E-state index is 0.00488. The Morgan fingerprint density at radius 3 is 1.57 bits per heavy atom. The Morgan fingerprint density at radius 2 is 1.11 bits per heavy atom. The highest BCUT2D eigenvalue weighted by Crippen LogP contribution is 2.52. The number of nitrogens with one attached hydrogen (secondary N) is 7. The Bertz CT molecular complexity index is 5490. The van der Waals surface area contributed by atoms with Crippen molar-refractivity contribution >= 4 is 166 Å². The highest BCUT2D eigenvalue weighted by atomic mass is 35.5. The topological polar surface area (TPSA) is 510 Å². The van der Waals surface area contributed by atoms with E-state index in [-0.39, 0.29) is 125 Å². The first kappa shape index (κ1) is 106. The predicted molar refractivity (Wildman–Crippen MR) is 514 cm³/mol. The van der Waals surface area contributed by atoms with Crippen LogP contribution >= 0.6 is 66.4 Å². The third kappa shape index (κ3) is 25.7. The highest BCUT2D eigenvalue weighted by molar-refractivity contribution is 8.77. The maximum atomic E-state index is 15.1. The van der Waals surface area contributed by atoms with Gasteiger partial charge < -0.3 is 109 Å². The van der Waals surface area contributed by atoms with Crippen molar-refractivity contribution in [2.75, 3.05) is 114 Å². The Hall–Kier alpha value is -10.4. The van der Waals surface area contributed by atoms with Gasteiger partial charge >= 0.3 is 29.7 Å². The Morgan fingerprint density at radius 1 is 0.654 bits per heavy atom. The van der Waals surface area contributed by atoms with Crippen molar-refractivity contribution in [2.24, 2.45) is 11.8 Å². The summed E-state index contributed by atoms with van der Waals surface area (Å²) in [5.74, 6) is -5.67. The van der Waals surface area contributed by atoms with Crippen LogP contribution in [0.5, 0.6) is 11.5 Å². The zero-order chi connectivity index (χ0) is 99.2.